The fourth-order valence-electron chi connectivity index (χ4n) is 2.16. The molecule has 0 aliphatic carbocycles. The lowest BCUT2D eigenvalue weighted by atomic mass is 10.1. The van der Waals surface area contributed by atoms with Gasteiger partial charge in [-0.2, -0.15) is 13.2 Å². The number of hydrogen-bond donors (Lipinski definition) is 1. The van der Waals surface area contributed by atoms with Gasteiger partial charge in [0.25, 0.3) is 5.69 Å². The fourth-order valence-corrected chi connectivity index (χ4v) is 3.70. The standard InChI is InChI=1S/C16H14ClF3N2O5S/c17-14-5-4-13(22(23)24)9-15(14)28(25,26)21-6-7-27-10-11-2-1-3-12(8-11)16(18,19)20/h1-5,8-9,21H,6-7,10H2. The SMILES string of the molecule is O=[N+]([O-])c1ccc(Cl)c(S(=O)(=O)NCCOCc2cccc(C(F)(F)F)c2)c1. The van der Waals surface area contributed by atoms with Crippen LogP contribution in [0.2, 0.25) is 5.02 Å². The molecular weight excluding hydrogens is 425 g/mol. The molecule has 2 rings (SSSR count). The van der Waals surface area contributed by atoms with E-state index in [2.05, 4.69) is 4.72 Å². The summed E-state index contributed by atoms with van der Waals surface area (Å²) >= 11 is 5.79. The van der Waals surface area contributed by atoms with Crippen molar-refractivity contribution in [2.45, 2.75) is 17.7 Å². The first-order valence-corrected chi connectivity index (χ1v) is 9.54. The summed E-state index contributed by atoms with van der Waals surface area (Å²) in [6, 6.07) is 7.55. The Morgan fingerprint density at radius 2 is 1.89 bits per heavy atom. The minimum atomic E-state index is -4.47. The summed E-state index contributed by atoms with van der Waals surface area (Å²) in [6.07, 6.45) is -4.47. The minimum Gasteiger partial charge on any atom is -0.375 e. The van der Waals surface area contributed by atoms with Crippen molar-refractivity contribution >= 4 is 27.3 Å². The largest absolute Gasteiger partial charge is 0.416 e. The summed E-state index contributed by atoms with van der Waals surface area (Å²) in [5.74, 6) is 0. The van der Waals surface area contributed by atoms with Crippen molar-refractivity contribution in [3.8, 4) is 0 Å². The van der Waals surface area contributed by atoms with E-state index in [1.54, 1.807) is 0 Å². The number of sulfonamides is 1. The highest BCUT2D eigenvalue weighted by Gasteiger charge is 2.30. The van der Waals surface area contributed by atoms with Gasteiger partial charge in [-0.3, -0.25) is 10.1 Å². The molecular formula is C16H14ClF3N2O5S. The molecule has 0 unspecified atom stereocenters. The fraction of sp³-hybridized carbons (Fsp3) is 0.250. The number of nitrogens with one attached hydrogen (secondary N) is 1. The molecule has 0 saturated heterocycles. The number of halogens is 4. The number of benzene rings is 2. The Balaban J connectivity index is 1.92. The van der Waals surface area contributed by atoms with E-state index in [0.717, 1.165) is 30.3 Å². The van der Waals surface area contributed by atoms with Crippen LogP contribution in [-0.2, 0) is 27.5 Å². The summed E-state index contributed by atoms with van der Waals surface area (Å²) in [5.41, 5.74) is -0.973. The highest BCUT2D eigenvalue weighted by atomic mass is 35.5. The highest BCUT2D eigenvalue weighted by Crippen LogP contribution is 2.29. The Hall–Kier alpha value is -2.21. The smallest absolute Gasteiger partial charge is 0.375 e. The molecule has 0 fully saturated rings. The summed E-state index contributed by atoms with van der Waals surface area (Å²) in [5, 5.41) is 10.6. The third-order valence-corrected chi connectivity index (χ3v) is 5.42. The Labute approximate surface area is 163 Å². The third-order valence-electron chi connectivity index (χ3n) is 3.48. The minimum absolute atomic E-state index is 0.137. The third kappa shape index (κ3) is 5.89. The van der Waals surface area contributed by atoms with Crippen LogP contribution in [0.25, 0.3) is 0 Å². The highest BCUT2D eigenvalue weighted by molar-refractivity contribution is 7.89. The zero-order valence-electron chi connectivity index (χ0n) is 14.1. The van der Waals surface area contributed by atoms with E-state index in [4.69, 9.17) is 16.3 Å². The molecule has 0 bridgehead atoms. The predicted molar refractivity (Wildman–Crippen MR) is 94.4 cm³/mol. The summed E-state index contributed by atoms with van der Waals surface area (Å²) in [4.78, 5) is 9.55. The van der Waals surface area contributed by atoms with Crippen molar-refractivity contribution < 1.29 is 31.2 Å². The van der Waals surface area contributed by atoms with Crippen molar-refractivity contribution in [2.24, 2.45) is 0 Å². The van der Waals surface area contributed by atoms with Crippen molar-refractivity contribution in [3.63, 3.8) is 0 Å². The first-order valence-electron chi connectivity index (χ1n) is 7.68. The molecule has 0 aliphatic rings. The van der Waals surface area contributed by atoms with E-state index >= 15 is 0 Å². The maximum Gasteiger partial charge on any atom is 0.416 e. The maximum atomic E-state index is 12.6. The normalized spacial score (nSPS) is 12.1. The van der Waals surface area contributed by atoms with Gasteiger partial charge >= 0.3 is 6.18 Å². The molecule has 1 N–H and O–H groups in total. The van der Waals surface area contributed by atoms with Gasteiger partial charge < -0.3 is 4.74 Å². The molecule has 12 heteroatoms. The number of ether oxygens (including phenoxy) is 1. The monoisotopic (exact) mass is 438 g/mol. The lowest BCUT2D eigenvalue weighted by molar-refractivity contribution is -0.385. The van der Waals surface area contributed by atoms with Crippen molar-refractivity contribution in [2.75, 3.05) is 13.2 Å². The van der Waals surface area contributed by atoms with E-state index in [1.807, 2.05) is 0 Å². The van der Waals surface area contributed by atoms with Gasteiger partial charge in [0, 0.05) is 18.7 Å². The van der Waals surface area contributed by atoms with Crippen molar-refractivity contribution in [1.29, 1.82) is 0 Å². The zero-order valence-corrected chi connectivity index (χ0v) is 15.6. The topological polar surface area (TPSA) is 98.5 Å². The van der Waals surface area contributed by atoms with Crippen LogP contribution in [0.15, 0.2) is 47.4 Å². The molecule has 28 heavy (non-hydrogen) atoms. The number of nitro benzene ring substituents is 1. The lowest BCUT2D eigenvalue weighted by Gasteiger charge is -2.10. The number of hydrogen-bond acceptors (Lipinski definition) is 5. The average Bonchev–Trinajstić information content (AvgIpc) is 2.61. The molecule has 0 aliphatic heterocycles. The summed E-state index contributed by atoms with van der Waals surface area (Å²) in [6.45, 7) is -0.494. The second-order valence-corrected chi connectivity index (χ2v) is 7.66. The van der Waals surface area contributed by atoms with Crippen LogP contribution in [0.4, 0.5) is 18.9 Å². The van der Waals surface area contributed by atoms with Crippen LogP contribution in [0.5, 0.6) is 0 Å². The van der Waals surface area contributed by atoms with E-state index in [9.17, 15) is 31.7 Å². The van der Waals surface area contributed by atoms with E-state index in [1.165, 1.54) is 12.1 Å². The molecule has 7 nitrogen and oxygen atoms in total. The van der Waals surface area contributed by atoms with E-state index in [0.29, 0.717) is 0 Å². The molecule has 0 spiro atoms. The molecule has 2 aromatic rings. The Kier molecular flexibility index (Phi) is 6.99. The first kappa shape index (κ1) is 22.1. The lowest BCUT2D eigenvalue weighted by Crippen LogP contribution is -2.27. The van der Waals surface area contributed by atoms with Gasteiger partial charge in [-0.25, -0.2) is 13.1 Å². The Morgan fingerprint density at radius 3 is 2.54 bits per heavy atom. The van der Waals surface area contributed by atoms with Crippen molar-refractivity contribution in [3.05, 3.63) is 68.7 Å². The predicted octanol–water partition coefficient (Wildman–Crippen LogP) is 3.76. The van der Waals surface area contributed by atoms with Crippen LogP contribution in [0, 0.1) is 10.1 Å². The van der Waals surface area contributed by atoms with Gasteiger partial charge in [0.15, 0.2) is 0 Å². The second kappa shape index (κ2) is 8.86. The number of non-ortho nitro benzene ring substituents is 1. The van der Waals surface area contributed by atoms with Gasteiger partial charge in [-0.1, -0.05) is 23.7 Å². The molecule has 152 valence electrons. The van der Waals surface area contributed by atoms with Gasteiger partial charge in [-0.15, -0.1) is 0 Å². The maximum absolute atomic E-state index is 12.6. The average molecular weight is 439 g/mol. The van der Waals surface area contributed by atoms with Crippen LogP contribution < -0.4 is 4.72 Å². The molecule has 2 aromatic carbocycles. The van der Waals surface area contributed by atoms with Gasteiger partial charge in [0.2, 0.25) is 10.0 Å². The van der Waals surface area contributed by atoms with Gasteiger partial charge in [-0.05, 0) is 23.8 Å². The second-order valence-electron chi connectivity index (χ2n) is 5.52. The van der Waals surface area contributed by atoms with Gasteiger partial charge in [0.1, 0.15) is 4.90 Å². The quantitative estimate of drug-likeness (QED) is 0.384. The van der Waals surface area contributed by atoms with Crippen LogP contribution >= 0.6 is 11.6 Å². The number of rotatable bonds is 8. The summed E-state index contributed by atoms with van der Waals surface area (Å²) < 4.78 is 69.7. The molecule has 0 saturated carbocycles. The van der Waals surface area contributed by atoms with E-state index in [-0.39, 0.29) is 30.3 Å². The molecule has 0 radical (unpaired) electrons. The first-order chi connectivity index (χ1) is 13.0. The molecule has 0 amide bonds. The Bertz CT molecular complexity index is 967. The number of alkyl halides is 3. The number of nitrogens with zero attached hydrogens (tertiary/aromatic N) is 1. The van der Waals surface area contributed by atoms with Gasteiger partial charge in [0.05, 0.1) is 28.7 Å². The number of nitro groups is 1. The molecule has 0 atom stereocenters. The van der Waals surface area contributed by atoms with Crippen LogP contribution in [0.1, 0.15) is 11.1 Å². The van der Waals surface area contributed by atoms with Crippen LogP contribution in [-0.4, -0.2) is 26.5 Å². The molecule has 0 aromatic heterocycles. The summed E-state index contributed by atoms with van der Waals surface area (Å²) in [7, 11) is -4.13. The van der Waals surface area contributed by atoms with Crippen molar-refractivity contribution in [1.82, 2.24) is 4.72 Å². The van der Waals surface area contributed by atoms with E-state index < -0.39 is 37.3 Å². The molecule has 0 heterocycles. The Morgan fingerprint density at radius 1 is 1.18 bits per heavy atom. The zero-order chi connectivity index (χ0) is 20.9. The van der Waals surface area contributed by atoms with Crippen LogP contribution in [0.3, 0.4) is 0 Å².